The van der Waals surface area contributed by atoms with Gasteiger partial charge in [-0.3, -0.25) is 20.0 Å². The molecule has 0 radical (unpaired) electrons. The summed E-state index contributed by atoms with van der Waals surface area (Å²) in [6, 6.07) is 15.7. The van der Waals surface area contributed by atoms with E-state index in [0.717, 1.165) is 41.7 Å². The van der Waals surface area contributed by atoms with Crippen LogP contribution in [-0.2, 0) is 22.4 Å². The summed E-state index contributed by atoms with van der Waals surface area (Å²) in [6.45, 7) is 1.86. The van der Waals surface area contributed by atoms with Gasteiger partial charge in [-0.1, -0.05) is 36.4 Å². The highest BCUT2D eigenvalue weighted by Gasteiger charge is 2.24. The van der Waals surface area contributed by atoms with Gasteiger partial charge in [0.1, 0.15) is 17.4 Å². The van der Waals surface area contributed by atoms with Crippen molar-refractivity contribution in [2.75, 3.05) is 12.4 Å². The average molecular weight is 433 g/mol. The normalized spacial score (nSPS) is 16.7. The quantitative estimate of drug-likeness (QED) is 0.560. The maximum absolute atomic E-state index is 12.7. The maximum atomic E-state index is 12.7. The van der Waals surface area contributed by atoms with Gasteiger partial charge < -0.3 is 4.74 Å². The molecule has 7 nitrogen and oxygen atoms in total. The number of ether oxygens (including phenoxy) is 1. The van der Waals surface area contributed by atoms with Crippen LogP contribution in [-0.4, -0.2) is 34.0 Å². The van der Waals surface area contributed by atoms with Gasteiger partial charge in [-0.15, -0.1) is 5.10 Å². The lowest BCUT2D eigenvalue weighted by Crippen LogP contribution is -2.19. The number of carbonyl (C=O) groups is 2. The first-order chi connectivity index (χ1) is 15.5. The number of aromatic nitrogens is 3. The first kappa shape index (κ1) is 21.7. The van der Waals surface area contributed by atoms with Crippen molar-refractivity contribution in [1.29, 1.82) is 0 Å². The fourth-order valence-corrected chi connectivity index (χ4v) is 4.07. The first-order valence-corrected chi connectivity index (χ1v) is 11.0. The number of carbonyl (C=O) groups excluding carboxylic acids is 2. The zero-order valence-corrected chi connectivity index (χ0v) is 18.4. The number of nitrogens with one attached hydrogen (secondary N) is 2. The molecule has 4 rings (SSSR count). The fraction of sp³-hybridized carbons (Fsp3) is 0.360. The Bertz CT molecular complexity index is 1070. The Morgan fingerprint density at radius 1 is 1.16 bits per heavy atom. The number of H-pyrrole nitrogens is 1. The summed E-state index contributed by atoms with van der Waals surface area (Å²) in [5.41, 5.74) is 3.12. The summed E-state index contributed by atoms with van der Waals surface area (Å²) in [4.78, 5) is 28.9. The highest BCUT2D eigenvalue weighted by atomic mass is 16.5. The molecule has 7 heteroatoms. The minimum atomic E-state index is -0.347. The van der Waals surface area contributed by atoms with Gasteiger partial charge in [0.2, 0.25) is 11.9 Å². The van der Waals surface area contributed by atoms with Crippen LogP contribution in [0.15, 0.2) is 48.5 Å². The summed E-state index contributed by atoms with van der Waals surface area (Å²) in [5.74, 6) is 1.75. The molecule has 0 spiro atoms. The van der Waals surface area contributed by atoms with Gasteiger partial charge in [0.05, 0.1) is 13.0 Å². The Morgan fingerprint density at radius 3 is 2.53 bits per heavy atom. The first-order valence-electron chi connectivity index (χ1n) is 11.0. The molecule has 3 aromatic rings. The number of aromatic amines is 1. The van der Waals surface area contributed by atoms with E-state index in [1.165, 1.54) is 0 Å². The third kappa shape index (κ3) is 5.22. The molecule has 1 aliphatic rings. The summed E-state index contributed by atoms with van der Waals surface area (Å²) < 4.78 is 5.17. The number of rotatable bonds is 8. The Balaban J connectivity index is 1.32. The van der Waals surface area contributed by atoms with E-state index in [4.69, 9.17) is 4.74 Å². The van der Waals surface area contributed by atoms with Crippen LogP contribution in [0.4, 0.5) is 5.95 Å². The van der Waals surface area contributed by atoms with Crippen LogP contribution in [0.25, 0.3) is 0 Å². The van der Waals surface area contributed by atoms with Crippen molar-refractivity contribution in [3.05, 3.63) is 71.0 Å². The van der Waals surface area contributed by atoms with Crippen molar-refractivity contribution in [3.8, 4) is 5.75 Å². The monoisotopic (exact) mass is 432 g/mol. The molecule has 2 aromatic carbocycles. The second-order valence-corrected chi connectivity index (χ2v) is 8.34. The van der Waals surface area contributed by atoms with Crippen LogP contribution in [0.1, 0.15) is 54.6 Å². The molecular formula is C25H28N4O3. The molecule has 0 aliphatic heterocycles. The summed E-state index contributed by atoms with van der Waals surface area (Å²) >= 11 is 0. The summed E-state index contributed by atoms with van der Waals surface area (Å²) in [7, 11) is 1.63. The van der Waals surface area contributed by atoms with Gasteiger partial charge in [0.15, 0.2) is 0 Å². The Hall–Kier alpha value is -3.48. The molecule has 1 saturated carbocycles. The molecule has 166 valence electrons. The number of anilines is 1. The predicted molar refractivity (Wildman–Crippen MR) is 122 cm³/mol. The smallest absolute Gasteiger partial charge is 0.248 e. The zero-order valence-electron chi connectivity index (χ0n) is 18.4. The van der Waals surface area contributed by atoms with Crippen molar-refractivity contribution < 1.29 is 14.3 Å². The van der Waals surface area contributed by atoms with Crippen LogP contribution < -0.4 is 10.1 Å². The van der Waals surface area contributed by atoms with Crippen molar-refractivity contribution in [2.24, 2.45) is 5.92 Å². The van der Waals surface area contributed by atoms with E-state index in [0.29, 0.717) is 24.4 Å². The van der Waals surface area contributed by atoms with Gasteiger partial charge in [-0.25, -0.2) is 0 Å². The van der Waals surface area contributed by atoms with E-state index >= 15 is 0 Å². The SMILES string of the molecule is COc1ccc(Cc2nc(NC(=O)[C@H](C)c3ccc(C[C@H]4CCCC4=O)cc3)n[nH]2)cc1. The average Bonchev–Trinajstić information content (AvgIpc) is 3.42. The van der Waals surface area contributed by atoms with E-state index in [1.807, 2.05) is 55.5 Å². The molecule has 0 saturated heterocycles. The molecule has 1 aromatic heterocycles. The molecule has 0 bridgehead atoms. The number of benzene rings is 2. The molecular weight excluding hydrogens is 404 g/mol. The lowest BCUT2D eigenvalue weighted by molar-refractivity contribution is -0.120. The molecule has 1 fully saturated rings. The number of amides is 1. The number of Topliss-reactive ketones (excluding diaryl/α,β-unsaturated/α-hetero) is 1. The minimum Gasteiger partial charge on any atom is -0.497 e. The lowest BCUT2D eigenvalue weighted by Gasteiger charge is -2.13. The van der Waals surface area contributed by atoms with Crippen molar-refractivity contribution >= 4 is 17.6 Å². The predicted octanol–water partition coefficient (Wildman–Crippen LogP) is 4.06. The molecule has 32 heavy (non-hydrogen) atoms. The van der Waals surface area contributed by atoms with Gasteiger partial charge >= 0.3 is 0 Å². The minimum absolute atomic E-state index is 0.152. The molecule has 1 amide bonds. The van der Waals surface area contributed by atoms with Crippen molar-refractivity contribution in [2.45, 2.75) is 44.9 Å². The van der Waals surface area contributed by atoms with E-state index in [2.05, 4.69) is 20.5 Å². The van der Waals surface area contributed by atoms with Crippen LogP contribution in [0.2, 0.25) is 0 Å². The van der Waals surface area contributed by atoms with Gasteiger partial charge in [0.25, 0.3) is 0 Å². The Labute approximate surface area is 187 Å². The maximum Gasteiger partial charge on any atom is 0.248 e. The van der Waals surface area contributed by atoms with Crippen LogP contribution in [0.5, 0.6) is 5.75 Å². The molecule has 2 atom stereocenters. The van der Waals surface area contributed by atoms with Crippen molar-refractivity contribution in [3.63, 3.8) is 0 Å². The Kier molecular flexibility index (Phi) is 6.63. The molecule has 1 aliphatic carbocycles. The fourth-order valence-electron chi connectivity index (χ4n) is 4.07. The van der Waals surface area contributed by atoms with Crippen LogP contribution in [0.3, 0.4) is 0 Å². The highest BCUT2D eigenvalue weighted by molar-refractivity contribution is 5.94. The second-order valence-electron chi connectivity index (χ2n) is 8.34. The standard InChI is InChI=1S/C25H28N4O3/c1-16(19-10-6-17(7-11-19)14-20-4-3-5-22(20)30)24(31)27-25-26-23(28-29-25)15-18-8-12-21(32-2)13-9-18/h6-13,16,20H,3-5,14-15H2,1-2H3,(H2,26,27,28,29,31)/t16-,20-/m1/s1. The number of nitrogens with zero attached hydrogens (tertiary/aromatic N) is 2. The van der Waals surface area contributed by atoms with E-state index in [1.54, 1.807) is 7.11 Å². The molecule has 2 N–H and O–H groups in total. The largest absolute Gasteiger partial charge is 0.497 e. The summed E-state index contributed by atoms with van der Waals surface area (Å²) in [5, 5.41) is 9.78. The Morgan fingerprint density at radius 2 is 1.88 bits per heavy atom. The van der Waals surface area contributed by atoms with E-state index < -0.39 is 0 Å². The molecule has 1 heterocycles. The topological polar surface area (TPSA) is 97.0 Å². The van der Waals surface area contributed by atoms with Gasteiger partial charge in [0, 0.05) is 18.8 Å². The van der Waals surface area contributed by atoms with Gasteiger partial charge in [-0.05, 0) is 55.0 Å². The number of methoxy groups -OCH3 is 1. The van der Waals surface area contributed by atoms with Gasteiger partial charge in [-0.2, -0.15) is 4.98 Å². The van der Waals surface area contributed by atoms with E-state index in [-0.39, 0.29) is 23.7 Å². The van der Waals surface area contributed by atoms with Crippen LogP contribution in [0, 0.1) is 5.92 Å². The summed E-state index contributed by atoms with van der Waals surface area (Å²) in [6.07, 6.45) is 4.06. The molecule has 0 unspecified atom stereocenters. The zero-order chi connectivity index (χ0) is 22.5. The van der Waals surface area contributed by atoms with Crippen LogP contribution >= 0.6 is 0 Å². The van der Waals surface area contributed by atoms with E-state index in [9.17, 15) is 9.59 Å². The number of hydrogen-bond donors (Lipinski definition) is 2. The number of hydrogen-bond acceptors (Lipinski definition) is 5. The van der Waals surface area contributed by atoms with Crippen molar-refractivity contribution in [1.82, 2.24) is 15.2 Å². The lowest BCUT2D eigenvalue weighted by atomic mass is 9.94. The second kappa shape index (κ2) is 9.77. The third-order valence-corrected chi connectivity index (χ3v) is 6.08. The highest BCUT2D eigenvalue weighted by Crippen LogP contribution is 2.26. The third-order valence-electron chi connectivity index (χ3n) is 6.08. The number of ketones is 1.